The number of halogens is 2. The third-order valence-corrected chi connectivity index (χ3v) is 6.75. The molecule has 2 aliphatic heterocycles. The van der Waals surface area contributed by atoms with E-state index < -0.39 is 35.5 Å². The smallest absolute Gasteiger partial charge is 0.407 e. The summed E-state index contributed by atoms with van der Waals surface area (Å²) in [6, 6.07) is 11.0. The SMILES string of the molecule is CC(C)(C)OC(=O)N[C@H]1C[C@@H](N2CCc3[nH]c4ccccc4c3C2)CO[C@@H]1c1cc(F)ccc1F. The number of alkyl carbamates (subject to hydrolysis) is 1. The second-order valence-electron chi connectivity index (χ2n) is 10.4. The first kappa shape index (κ1) is 23.8. The predicted molar refractivity (Wildman–Crippen MR) is 129 cm³/mol. The Hall–Kier alpha value is -2.97. The van der Waals surface area contributed by atoms with Crippen LogP contribution in [0.4, 0.5) is 13.6 Å². The van der Waals surface area contributed by atoms with E-state index in [9.17, 15) is 13.6 Å². The lowest BCUT2D eigenvalue weighted by Gasteiger charge is -2.43. The fourth-order valence-electron chi connectivity index (χ4n) is 5.20. The molecular formula is C27H31F2N3O3. The van der Waals surface area contributed by atoms with Crippen molar-refractivity contribution in [2.75, 3.05) is 13.2 Å². The normalized spacial score (nSPS) is 23.2. The van der Waals surface area contributed by atoms with E-state index in [0.717, 1.165) is 43.2 Å². The zero-order valence-corrected chi connectivity index (χ0v) is 20.2. The monoisotopic (exact) mass is 483 g/mol. The molecule has 35 heavy (non-hydrogen) atoms. The van der Waals surface area contributed by atoms with Gasteiger partial charge < -0.3 is 19.8 Å². The Morgan fingerprint density at radius 2 is 2.00 bits per heavy atom. The highest BCUT2D eigenvalue weighted by molar-refractivity contribution is 5.84. The van der Waals surface area contributed by atoms with Gasteiger partial charge in [-0.15, -0.1) is 0 Å². The Bertz CT molecular complexity index is 1240. The Morgan fingerprint density at radius 1 is 1.20 bits per heavy atom. The molecule has 1 aromatic heterocycles. The summed E-state index contributed by atoms with van der Waals surface area (Å²) >= 11 is 0. The van der Waals surface area contributed by atoms with Crippen LogP contribution < -0.4 is 5.32 Å². The average Bonchev–Trinajstić information content (AvgIpc) is 3.17. The third kappa shape index (κ3) is 5.04. The van der Waals surface area contributed by atoms with Gasteiger partial charge in [-0.2, -0.15) is 0 Å². The molecule has 0 bridgehead atoms. The molecule has 2 aromatic carbocycles. The van der Waals surface area contributed by atoms with E-state index in [4.69, 9.17) is 9.47 Å². The summed E-state index contributed by atoms with van der Waals surface area (Å²) in [7, 11) is 0. The summed E-state index contributed by atoms with van der Waals surface area (Å²) in [5.41, 5.74) is 3.08. The number of para-hydroxylation sites is 1. The minimum absolute atomic E-state index is 0.00428. The molecule has 0 spiro atoms. The van der Waals surface area contributed by atoms with Gasteiger partial charge >= 0.3 is 6.09 Å². The molecule has 186 valence electrons. The fourth-order valence-corrected chi connectivity index (χ4v) is 5.20. The van der Waals surface area contributed by atoms with Crippen LogP contribution in [0.15, 0.2) is 42.5 Å². The predicted octanol–water partition coefficient (Wildman–Crippen LogP) is 5.23. The number of aromatic amines is 1. The molecule has 6 nitrogen and oxygen atoms in total. The van der Waals surface area contributed by atoms with Crippen LogP contribution in [0.3, 0.4) is 0 Å². The van der Waals surface area contributed by atoms with Gasteiger partial charge in [0.25, 0.3) is 0 Å². The molecule has 0 saturated carbocycles. The van der Waals surface area contributed by atoms with Gasteiger partial charge in [-0.25, -0.2) is 13.6 Å². The minimum atomic E-state index is -0.817. The maximum atomic E-state index is 14.7. The highest BCUT2D eigenvalue weighted by Crippen LogP contribution is 2.35. The quantitative estimate of drug-likeness (QED) is 0.536. The van der Waals surface area contributed by atoms with Gasteiger partial charge in [0, 0.05) is 47.7 Å². The van der Waals surface area contributed by atoms with Gasteiger partial charge in [-0.05, 0) is 57.0 Å². The summed E-state index contributed by atoms with van der Waals surface area (Å²) in [5.74, 6) is -1.11. The number of nitrogens with one attached hydrogen (secondary N) is 2. The number of carbonyl (C=O) groups is 1. The summed E-state index contributed by atoms with van der Waals surface area (Å²) in [5, 5.41) is 4.09. The van der Waals surface area contributed by atoms with E-state index in [-0.39, 0.29) is 11.6 Å². The number of hydrogen-bond donors (Lipinski definition) is 2. The van der Waals surface area contributed by atoms with Crippen molar-refractivity contribution in [2.45, 2.75) is 63.9 Å². The molecule has 2 N–H and O–H groups in total. The number of rotatable bonds is 3. The van der Waals surface area contributed by atoms with Crippen molar-refractivity contribution < 1.29 is 23.0 Å². The lowest BCUT2D eigenvalue weighted by atomic mass is 9.91. The second kappa shape index (κ2) is 9.24. The molecule has 3 aromatic rings. The van der Waals surface area contributed by atoms with E-state index >= 15 is 0 Å². The molecule has 0 unspecified atom stereocenters. The van der Waals surface area contributed by atoms with Crippen LogP contribution in [-0.2, 0) is 22.4 Å². The van der Waals surface area contributed by atoms with E-state index in [1.165, 1.54) is 16.6 Å². The number of H-pyrrole nitrogens is 1. The molecule has 1 fully saturated rings. The highest BCUT2D eigenvalue weighted by Gasteiger charge is 2.39. The van der Waals surface area contributed by atoms with Gasteiger partial charge in [0.15, 0.2) is 0 Å². The number of aromatic nitrogens is 1. The second-order valence-corrected chi connectivity index (χ2v) is 10.4. The summed E-state index contributed by atoms with van der Waals surface area (Å²) in [4.78, 5) is 18.5. The summed E-state index contributed by atoms with van der Waals surface area (Å²) in [6.45, 7) is 7.29. The molecule has 3 atom stereocenters. The zero-order valence-electron chi connectivity index (χ0n) is 20.2. The first-order valence-corrected chi connectivity index (χ1v) is 12.1. The summed E-state index contributed by atoms with van der Waals surface area (Å²) < 4.78 is 40.2. The van der Waals surface area contributed by atoms with Crippen molar-refractivity contribution in [3.8, 4) is 0 Å². The number of ether oxygens (including phenoxy) is 2. The van der Waals surface area contributed by atoms with Crippen molar-refractivity contribution in [2.24, 2.45) is 0 Å². The lowest BCUT2D eigenvalue weighted by molar-refractivity contribution is -0.0641. The van der Waals surface area contributed by atoms with Crippen LogP contribution in [0.25, 0.3) is 10.9 Å². The van der Waals surface area contributed by atoms with Gasteiger partial charge in [0.1, 0.15) is 23.3 Å². The maximum absolute atomic E-state index is 14.7. The van der Waals surface area contributed by atoms with Crippen LogP contribution in [0, 0.1) is 11.6 Å². The molecule has 1 amide bonds. The Kier molecular flexibility index (Phi) is 6.27. The van der Waals surface area contributed by atoms with Gasteiger partial charge in [0.2, 0.25) is 0 Å². The minimum Gasteiger partial charge on any atom is -0.444 e. The molecule has 1 saturated heterocycles. The number of hydrogen-bond acceptors (Lipinski definition) is 4. The van der Waals surface area contributed by atoms with Crippen LogP contribution in [0.1, 0.15) is 50.1 Å². The lowest BCUT2D eigenvalue weighted by Crippen LogP contribution is -2.53. The Balaban J connectivity index is 1.38. The largest absolute Gasteiger partial charge is 0.444 e. The third-order valence-electron chi connectivity index (χ3n) is 6.75. The number of amides is 1. The van der Waals surface area contributed by atoms with Crippen LogP contribution in [0.5, 0.6) is 0 Å². The molecule has 0 radical (unpaired) electrons. The Morgan fingerprint density at radius 3 is 2.80 bits per heavy atom. The molecular weight excluding hydrogens is 452 g/mol. The van der Waals surface area contributed by atoms with Gasteiger partial charge in [-0.1, -0.05) is 18.2 Å². The number of benzene rings is 2. The van der Waals surface area contributed by atoms with Crippen molar-refractivity contribution in [3.05, 3.63) is 70.9 Å². The zero-order chi connectivity index (χ0) is 24.7. The van der Waals surface area contributed by atoms with Crippen LogP contribution in [0.2, 0.25) is 0 Å². The molecule has 5 rings (SSSR count). The molecule has 2 aliphatic rings. The summed E-state index contributed by atoms with van der Waals surface area (Å²) in [6.07, 6.45) is -0.0153. The van der Waals surface area contributed by atoms with Crippen molar-refractivity contribution in [3.63, 3.8) is 0 Å². The number of carbonyl (C=O) groups excluding carboxylic acids is 1. The molecule has 8 heteroatoms. The fraction of sp³-hybridized carbons (Fsp3) is 0.444. The van der Waals surface area contributed by atoms with E-state index in [1.807, 2.05) is 12.1 Å². The highest BCUT2D eigenvalue weighted by atomic mass is 19.1. The van der Waals surface area contributed by atoms with Crippen molar-refractivity contribution >= 4 is 17.0 Å². The van der Waals surface area contributed by atoms with Crippen LogP contribution >= 0.6 is 0 Å². The first-order valence-electron chi connectivity index (χ1n) is 12.1. The molecule has 0 aliphatic carbocycles. The standard InChI is InChI=1S/C27H31F2N3O3/c1-27(2,3)35-26(33)31-24-13-17(15-34-25(24)19-12-16(28)8-9-21(19)29)32-11-10-23-20(14-32)18-6-4-5-7-22(18)30-23/h4-9,12,17,24-25,30H,10-11,13-15H2,1-3H3,(H,31,33)/t17-,24+,25-/m1/s1. The van der Waals surface area contributed by atoms with E-state index in [1.54, 1.807) is 20.8 Å². The van der Waals surface area contributed by atoms with Crippen molar-refractivity contribution in [1.82, 2.24) is 15.2 Å². The van der Waals surface area contributed by atoms with Crippen LogP contribution in [-0.4, -0.2) is 46.8 Å². The maximum Gasteiger partial charge on any atom is 0.407 e. The van der Waals surface area contributed by atoms with E-state index in [0.29, 0.717) is 13.0 Å². The van der Waals surface area contributed by atoms with Crippen molar-refractivity contribution in [1.29, 1.82) is 0 Å². The van der Waals surface area contributed by atoms with E-state index in [2.05, 4.69) is 27.3 Å². The topological polar surface area (TPSA) is 66.6 Å². The Labute approximate surface area is 203 Å². The first-order chi connectivity index (χ1) is 16.7. The number of nitrogens with zero attached hydrogens (tertiary/aromatic N) is 1. The average molecular weight is 484 g/mol. The van der Waals surface area contributed by atoms with Gasteiger partial charge in [0.05, 0.1) is 12.6 Å². The number of fused-ring (bicyclic) bond motifs is 3. The molecule has 3 heterocycles. The van der Waals surface area contributed by atoms with Gasteiger partial charge in [-0.3, -0.25) is 4.90 Å².